The van der Waals surface area contributed by atoms with E-state index >= 15 is 0 Å². The van der Waals surface area contributed by atoms with Crippen LogP contribution in [0.3, 0.4) is 0 Å². The third-order valence-corrected chi connectivity index (χ3v) is 2.67. The van der Waals surface area contributed by atoms with Gasteiger partial charge in [-0.2, -0.15) is 5.10 Å². The lowest BCUT2D eigenvalue weighted by Gasteiger charge is -2.02. The fourth-order valence-corrected chi connectivity index (χ4v) is 1.66. The molecule has 0 aliphatic carbocycles. The quantitative estimate of drug-likeness (QED) is 0.881. The highest BCUT2D eigenvalue weighted by molar-refractivity contribution is 5.86. The summed E-state index contributed by atoms with van der Waals surface area (Å²) in [5.74, 6) is -0.728. The molecule has 5 nitrogen and oxygen atoms in total. The van der Waals surface area contributed by atoms with Crippen LogP contribution in [0.2, 0.25) is 0 Å². The van der Waals surface area contributed by atoms with Crippen LogP contribution in [0.5, 0.6) is 0 Å². The highest BCUT2D eigenvalue weighted by Gasteiger charge is 2.15. The number of aromatic carboxylic acids is 1. The molecule has 0 saturated heterocycles. The molecular formula is C12H15N3O2. The molecule has 2 aromatic rings. The van der Waals surface area contributed by atoms with Crippen LogP contribution in [-0.2, 0) is 6.42 Å². The molecule has 0 unspecified atom stereocenters. The van der Waals surface area contributed by atoms with Crippen LogP contribution in [0.25, 0.3) is 5.65 Å². The predicted molar refractivity (Wildman–Crippen MR) is 63.4 cm³/mol. The third kappa shape index (κ3) is 2.00. The number of carbonyl (C=O) groups is 1. The minimum Gasteiger partial charge on any atom is -0.477 e. The molecule has 0 aliphatic rings. The van der Waals surface area contributed by atoms with Crippen LogP contribution in [0, 0.1) is 0 Å². The lowest BCUT2D eigenvalue weighted by molar-refractivity contribution is 0.0687. The predicted octanol–water partition coefficient (Wildman–Crippen LogP) is 2.11. The highest BCUT2D eigenvalue weighted by Crippen LogP contribution is 2.16. The Balaban J connectivity index is 2.72. The largest absolute Gasteiger partial charge is 0.477 e. The van der Waals surface area contributed by atoms with E-state index in [9.17, 15) is 4.79 Å². The van der Waals surface area contributed by atoms with Gasteiger partial charge in [0, 0.05) is 11.8 Å². The lowest BCUT2D eigenvalue weighted by atomic mass is 10.1. The van der Waals surface area contributed by atoms with Crippen molar-refractivity contribution in [1.82, 2.24) is 14.6 Å². The molecule has 5 heteroatoms. The van der Waals surface area contributed by atoms with Gasteiger partial charge in [0.15, 0.2) is 11.3 Å². The van der Waals surface area contributed by atoms with Crippen molar-refractivity contribution in [3.8, 4) is 0 Å². The molecule has 0 aliphatic heterocycles. The van der Waals surface area contributed by atoms with Gasteiger partial charge >= 0.3 is 5.97 Å². The monoisotopic (exact) mass is 233 g/mol. The summed E-state index contributed by atoms with van der Waals surface area (Å²) < 4.78 is 1.40. The fourth-order valence-electron chi connectivity index (χ4n) is 1.66. The smallest absolute Gasteiger partial charge is 0.354 e. The second kappa shape index (κ2) is 4.16. The molecule has 1 N–H and O–H groups in total. The standard InChI is InChI=1S/C12H15N3O2/c1-4-8-5-10(12(16)17)15-11(13-8)6-9(14-15)7(2)3/h5-7H,4H2,1-3H3,(H,16,17). The van der Waals surface area contributed by atoms with Crippen molar-refractivity contribution in [2.45, 2.75) is 33.1 Å². The van der Waals surface area contributed by atoms with Gasteiger partial charge in [-0.05, 0) is 18.4 Å². The first-order valence-electron chi connectivity index (χ1n) is 5.65. The van der Waals surface area contributed by atoms with Crippen molar-refractivity contribution < 1.29 is 9.90 Å². The highest BCUT2D eigenvalue weighted by atomic mass is 16.4. The van der Waals surface area contributed by atoms with E-state index in [-0.39, 0.29) is 11.6 Å². The maximum Gasteiger partial charge on any atom is 0.354 e. The second-order valence-corrected chi connectivity index (χ2v) is 4.29. The molecule has 0 amide bonds. The van der Waals surface area contributed by atoms with Crippen LogP contribution in [0.1, 0.15) is 48.6 Å². The van der Waals surface area contributed by atoms with E-state index in [0.717, 1.165) is 11.4 Å². The molecule has 0 spiro atoms. The van der Waals surface area contributed by atoms with Crippen molar-refractivity contribution >= 4 is 11.6 Å². The molecule has 0 bridgehead atoms. The van der Waals surface area contributed by atoms with E-state index in [0.29, 0.717) is 12.1 Å². The summed E-state index contributed by atoms with van der Waals surface area (Å²) in [5, 5.41) is 13.4. The van der Waals surface area contributed by atoms with Crippen LogP contribution in [0.15, 0.2) is 12.1 Å². The van der Waals surface area contributed by atoms with Gasteiger partial charge in [-0.25, -0.2) is 14.3 Å². The SMILES string of the molecule is CCc1cc(C(=O)O)n2nc(C(C)C)cc2n1. The number of carboxylic acids is 1. The van der Waals surface area contributed by atoms with E-state index in [1.165, 1.54) is 4.52 Å². The molecule has 2 rings (SSSR count). The minimum absolute atomic E-state index is 0.166. The molecule has 0 fully saturated rings. The first-order valence-corrected chi connectivity index (χ1v) is 5.65. The van der Waals surface area contributed by atoms with Gasteiger partial charge in [-0.1, -0.05) is 20.8 Å². The van der Waals surface area contributed by atoms with Crippen molar-refractivity contribution in [3.05, 3.63) is 29.2 Å². The van der Waals surface area contributed by atoms with E-state index in [4.69, 9.17) is 5.11 Å². The molecule has 0 aromatic carbocycles. The number of aromatic nitrogens is 3. The molecule has 2 heterocycles. The average Bonchev–Trinajstić information content (AvgIpc) is 2.70. The Morgan fingerprint density at radius 2 is 2.18 bits per heavy atom. The van der Waals surface area contributed by atoms with Crippen LogP contribution in [-0.4, -0.2) is 25.7 Å². The molecule has 0 atom stereocenters. The number of hydrogen-bond donors (Lipinski definition) is 1. The van der Waals surface area contributed by atoms with Crippen LogP contribution >= 0.6 is 0 Å². The van der Waals surface area contributed by atoms with Gasteiger partial charge in [0.25, 0.3) is 0 Å². The summed E-state index contributed by atoms with van der Waals surface area (Å²) in [7, 11) is 0. The summed E-state index contributed by atoms with van der Waals surface area (Å²) in [6.07, 6.45) is 0.707. The maximum atomic E-state index is 11.2. The number of hydrogen-bond acceptors (Lipinski definition) is 3. The minimum atomic E-state index is -0.981. The van der Waals surface area contributed by atoms with E-state index in [1.54, 1.807) is 6.07 Å². The van der Waals surface area contributed by atoms with Crippen LogP contribution in [0.4, 0.5) is 0 Å². The van der Waals surface area contributed by atoms with Gasteiger partial charge in [-0.15, -0.1) is 0 Å². The van der Waals surface area contributed by atoms with Crippen molar-refractivity contribution in [3.63, 3.8) is 0 Å². The van der Waals surface area contributed by atoms with E-state index in [2.05, 4.69) is 10.1 Å². The Labute approximate surface area is 99.1 Å². The van der Waals surface area contributed by atoms with Crippen LogP contribution < -0.4 is 0 Å². The Bertz CT molecular complexity index is 572. The average molecular weight is 233 g/mol. The summed E-state index contributed by atoms with van der Waals surface area (Å²) >= 11 is 0. The first-order chi connectivity index (χ1) is 8.02. The molecule has 0 radical (unpaired) electrons. The van der Waals surface area contributed by atoms with Gasteiger partial charge in [0.2, 0.25) is 0 Å². The zero-order valence-electron chi connectivity index (χ0n) is 10.1. The Morgan fingerprint density at radius 3 is 2.71 bits per heavy atom. The van der Waals surface area contributed by atoms with Crippen molar-refractivity contribution in [2.24, 2.45) is 0 Å². The molecule has 90 valence electrons. The summed E-state index contributed by atoms with van der Waals surface area (Å²) in [6.45, 7) is 5.98. The number of aryl methyl sites for hydroxylation is 1. The number of carboxylic acid groups (broad SMARTS) is 1. The van der Waals surface area contributed by atoms with E-state index in [1.807, 2.05) is 26.8 Å². The molecule has 0 saturated carbocycles. The Hall–Kier alpha value is -1.91. The Morgan fingerprint density at radius 1 is 1.47 bits per heavy atom. The zero-order valence-corrected chi connectivity index (χ0v) is 10.1. The molecule has 2 aromatic heterocycles. The molecular weight excluding hydrogens is 218 g/mol. The van der Waals surface area contributed by atoms with Gasteiger partial charge in [-0.3, -0.25) is 0 Å². The normalized spacial score (nSPS) is 11.3. The number of rotatable bonds is 3. The topological polar surface area (TPSA) is 67.5 Å². The number of fused-ring (bicyclic) bond motifs is 1. The summed E-state index contributed by atoms with van der Waals surface area (Å²) in [6, 6.07) is 3.42. The third-order valence-electron chi connectivity index (χ3n) is 2.67. The van der Waals surface area contributed by atoms with Gasteiger partial charge in [0.1, 0.15) is 0 Å². The van der Waals surface area contributed by atoms with Gasteiger partial charge in [0.05, 0.1) is 5.69 Å². The lowest BCUT2D eigenvalue weighted by Crippen LogP contribution is -2.09. The summed E-state index contributed by atoms with van der Waals surface area (Å²) in [5.41, 5.74) is 2.39. The zero-order chi connectivity index (χ0) is 12.6. The number of nitrogens with zero attached hydrogens (tertiary/aromatic N) is 3. The van der Waals surface area contributed by atoms with Crippen molar-refractivity contribution in [1.29, 1.82) is 0 Å². The Kier molecular flexibility index (Phi) is 2.83. The van der Waals surface area contributed by atoms with Gasteiger partial charge < -0.3 is 5.11 Å². The second-order valence-electron chi connectivity index (χ2n) is 4.29. The fraction of sp³-hybridized carbons (Fsp3) is 0.417. The maximum absolute atomic E-state index is 11.2. The van der Waals surface area contributed by atoms with Crippen molar-refractivity contribution in [2.75, 3.05) is 0 Å². The van der Waals surface area contributed by atoms with E-state index < -0.39 is 5.97 Å². The first kappa shape index (κ1) is 11.6. The summed E-state index contributed by atoms with van der Waals surface area (Å²) in [4.78, 5) is 15.6. The molecule has 17 heavy (non-hydrogen) atoms.